The van der Waals surface area contributed by atoms with Crippen molar-refractivity contribution in [3.63, 3.8) is 0 Å². The summed E-state index contributed by atoms with van der Waals surface area (Å²) in [7, 11) is -3.91. The maximum atomic E-state index is 12.8. The molecule has 1 unspecified atom stereocenters. The molecule has 0 spiro atoms. The fraction of sp³-hybridized carbons (Fsp3) is 0.455. The Bertz CT molecular complexity index is 563. The highest BCUT2D eigenvalue weighted by Gasteiger charge is 2.40. The second kappa shape index (κ2) is 6.06. The van der Waals surface area contributed by atoms with Crippen LogP contribution in [0.2, 0.25) is 0 Å². The molecule has 1 rings (SSSR count). The summed E-state index contributed by atoms with van der Waals surface area (Å²) < 4.78 is 71.8. The summed E-state index contributed by atoms with van der Waals surface area (Å²) in [4.78, 5) is -0.177. The van der Waals surface area contributed by atoms with Gasteiger partial charge in [0.2, 0.25) is 10.0 Å². The number of primary sulfonamides is 1. The Morgan fingerprint density at radius 3 is 2.45 bits per heavy atom. The van der Waals surface area contributed by atoms with Gasteiger partial charge in [0.15, 0.2) is 0 Å². The molecule has 3 N–H and O–H groups in total. The van der Waals surface area contributed by atoms with E-state index < -0.39 is 35.0 Å². The molecule has 114 valence electrons. The van der Waals surface area contributed by atoms with Gasteiger partial charge < -0.3 is 5.32 Å². The van der Waals surface area contributed by atoms with Crippen LogP contribution in [0.15, 0.2) is 29.2 Å². The number of nitrogens with one attached hydrogen (secondary N) is 1. The SMILES string of the molecule is CC(NCC(F)(F)C(F)F)c1cccc(S(N)(=O)=O)c1. The molecule has 0 saturated carbocycles. The minimum atomic E-state index is -4.15. The molecule has 9 heteroatoms. The largest absolute Gasteiger partial charge is 0.319 e. The van der Waals surface area contributed by atoms with Crippen LogP contribution in [0.3, 0.4) is 0 Å². The predicted octanol–water partition coefficient (Wildman–Crippen LogP) is 1.89. The third kappa shape index (κ3) is 4.43. The molecule has 1 aromatic rings. The molecular formula is C11H14F4N2O2S. The van der Waals surface area contributed by atoms with E-state index in [0.29, 0.717) is 5.56 Å². The van der Waals surface area contributed by atoms with Crippen LogP contribution in [-0.4, -0.2) is 27.3 Å². The summed E-state index contributed by atoms with van der Waals surface area (Å²) in [6, 6.07) is 4.58. The Balaban J connectivity index is 2.81. The topological polar surface area (TPSA) is 72.2 Å². The molecule has 0 fully saturated rings. The number of alkyl halides is 4. The van der Waals surface area contributed by atoms with Crippen molar-refractivity contribution in [2.75, 3.05) is 6.54 Å². The van der Waals surface area contributed by atoms with Crippen molar-refractivity contribution in [3.8, 4) is 0 Å². The highest BCUT2D eigenvalue weighted by atomic mass is 32.2. The van der Waals surface area contributed by atoms with Gasteiger partial charge in [0.05, 0.1) is 11.4 Å². The fourth-order valence-corrected chi connectivity index (χ4v) is 2.01. The van der Waals surface area contributed by atoms with E-state index in [1.165, 1.54) is 31.2 Å². The Labute approximate surface area is 114 Å². The minimum Gasteiger partial charge on any atom is -0.304 e. The summed E-state index contributed by atoms with van der Waals surface area (Å²) in [5, 5.41) is 7.17. The first-order valence-corrected chi connectivity index (χ1v) is 7.11. The highest BCUT2D eigenvalue weighted by Crippen LogP contribution is 2.23. The average Bonchev–Trinajstić information content (AvgIpc) is 2.35. The number of sulfonamides is 1. The van der Waals surface area contributed by atoms with Crippen LogP contribution >= 0.6 is 0 Å². The molecule has 0 aromatic heterocycles. The zero-order valence-electron chi connectivity index (χ0n) is 10.5. The summed E-state index contributed by atoms with van der Waals surface area (Å²) in [5.41, 5.74) is 0.349. The van der Waals surface area contributed by atoms with Crippen LogP contribution in [0.4, 0.5) is 17.6 Å². The number of rotatable bonds is 6. The lowest BCUT2D eigenvalue weighted by molar-refractivity contribution is -0.126. The summed E-state index contributed by atoms with van der Waals surface area (Å²) in [6.45, 7) is 0.231. The second-order valence-corrected chi connectivity index (χ2v) is 5.84. The van der Waals surface area contributed by atoms with Crippen molar-refractivity contribution >= 4 is 10.0 Å². The third-order valence-electron chi connectivity index (χ3n) is 2.65. The lowest BCUT2D eigenvalue weighted by Crippen LogP contribution is -2.39. The van der Waals surface area contributed by atoms with Crippen LogP contribution in [0.25, 0.3) is 0 Å². The Kier molecular flexibility index (Phi) is 5.11. The monoisotopic (exact) mass is 314 g/mol. The first-order chi connectivity index (χ1) is 9.04. The van der Waals surface area contributed by atoms with Crippen molar-refractivity contribution < 1.29 is 26.0 Å². The highest BCUT2D eigenvalue weighted by molar-refractivity contribution is 7.89. The van der Waals surface area contributed by atoms with Gasteiger partial charge in [-0.05, 0) is 24.6 Å². The van der Waals surface area contributed by atoms with Crippen LogP contribution < -0.4 is 10.5 Å². The molecule has 0 radical (unpaired) electrons. The Morgan fingerprint density at radius 2 is 1.95 bits per heavy atom. The first-order valence-electron chi connectivity index (χ1n) is 5.56. The molecule has 0 amide bonds. The Morgan fingerprint density at radius 1 is 1.35 bits per heavy atom. The minimum absolute atomic E-state index is 0.177. The van der Waals surface area contributed by atoms with Crippen molar-refractivity contribution in [2.45, 2.75) is 30.2 Å². The van der Waals surface area contributed by atoms with Gasteiger partial charge in [0, 0.05) is 6.04 Å². The van der Waals surface area contributed by atoms with Gasteiger partial charge >= 0.3 is 12.3 Å². The maximum Gasteiger partial charge on any atom is 0.319 e. The van der Waals surface area contributed by atoms with E-state index in [0.717, 1.165) is 0 Å². The van der Waals surface area contributed by atoms with Crippen LogP contribution in [0, 0.1) is 0 Å². The average molecular weight is 314 g/mol. The van der Waals surface area contributed by atoms with Crippen molar-refractivity contribution in [2.24, 2.45) is 5.14 Å². The molecule has 4 nitrogen and oxygen atoms in total. The van der Waals surface area contributed by atoms with E-state index in [2.05, 4.69) is 5.32 Å². The van der Waals surface area contributed by atoms with Crippen molar-refractivity contribution in [1.82, 2.24) is 5.32 Å². The number of halogens is 4. The molecule has 1 atom stereocenters. The van der Waals surface area contributed by atoms with Crippen LogP contribution in [-0.2, 0) is 10.0 Å². The van der Waals surface area contributed by atoms with Crippen molar-refractivity contribution in [3.05, 3.63) is 29.8 Å². The molecule has 0 bridgehead atoms. The number of hydrogen-bond acceptors (Lipinski definition) is 3. The van der Waals surface area contributed by atoms with Crippen LogP contribution in [0.5, 0.6) is 0 Å². The molecule has 0 aliphatic carbocycles. The van der Waals surface area contributed by atoms with Gasteiger partial charge in [0.25, 0.3) is 0 Å². The van der Waals surface area contributed by atoms with Gasteiger partial charge in [-0.25, -0.2) is 22.3 Å². The fourth-order valence-electron chi connectivity index (χ4n) is 1.45. The zero-order valence-corrected chi connectivity index (χ0v) is 11.3. The lowest BCUT2D eigenvalue weighted by Gasteiger charge is -2.20. The van der Waals surface area contributed by atoms with Crippen molar-refractivity contribution in [1.29, 1.82) is 0 Å². The summed E-state index contributed by atoms with van der Waals surface area (Å²) in [5.74, 6) is -4.15. The molecule has 0 heterocycles. The molecule has 20 heavy (non-hydrogen) atoms. The number of nitrogens with two attached hydrogens (primary N) is 1. The van der Waals surface area contributed by atoms with E-state index in [9.17, 15) is 26.0 Å². The predicted molar refractivity (Wildman–Crippen MR) is 65.2 cm³/mol. The molecule has 1 aromatic carbocycles. The van der Waals surface area contributed by atoms with E-state index in [4.69, 9.17) is 5.14 Å². The van der Waals surface area contributed by atoms with E-state index in [-0.39, 0.29) is 4.90 Å². The van der Waals surface area contributed by atoms with E-state index in [1.54, 1.807) is 0 Å². The number of benzene rings is 1. The molecule has 0 aliphatic rings. The number of hydrogen-bond donors (Lipinski definition) is 2. The third-order valence-corrected chi connectivity index (χ3v) is 3.56. The van der Waals surface area contributed by atoms with Gasteiger partial charge in [-0.3, -0.25) is 0 Å². The lowest BCUT2D eigenvalue weighted by atomic mass is 10.1. The standard InChI is InChI=1S/C11H14F4N2O2S/c1-7(17-6-11(14,15)10(12)13)8-3-2-4-9(5-8)20(16,18)19/h2-5,7,10,17H,6H2,1H3,(H2,16,18,19). The zero-order chi connectivity index (χ0) is 15.6. The molecule has 0 aliphatic heterocycles. The van der Waals surface area contributed by atoms with Gasteiger partial charge in [-0.15, -0.1) is 0 Å². The second-order valence-electron chi connectivity index (χ2n) is 4.28. The first kappa shape index (κ1) is 16.9. The molecule has 0 saturated heterocycles. The quantitative estimate of drug-likeness (QED) is 0.788. The van der Waals surface area contributed by atoms with Gasteiger partial charge in [0.1, 0.15) is 0 Å². The Hall–Kier alpha value is -1.19. The normalized spacial score (nSPS) is 14.6. The molecular weight excluding hydrogens is 300 g/mol. The van der Waals surface area contributed by atoms with Crippen LogP contribution in [0.1, 0.15) is 18.5 Å². The summed E-state index contributed by atoms with van der Waals surface area (Å²) in [6.07, 6.45) is -3.77. The van der Waals surface area contributed by atoms with E-state index >= 15 is 0 Å². The van der Waals surface area contributed by atoms with E-state index in [1.807, 2.05) is 0 Å². The maximum absolute atomic E-state index is 12.8. The smallest absolute Gasteiger partial charge is 0.304 e. The summed E-state index contributed by atoms with van der Waals surface area (Å²) >= 11 is 0. The van der Waals surface area contributed by atoms with Gasteiger partial charge in [-0.1, -0.05) is 12.1 Å². The van der Waals surface area contributed by atoms with Gasteiger partial charge in [-0.2, -0.15) is 8.78 Å².